The Balaban J connectivity index is 1.93. The fourth-order valence-electron chi connectivity index (χ4n) is 2.34. The van der Waals surface area contributed by atoms with Gasteiger partial charge in [0.05, 0.1) is 12.2 Å². The zero-order valence-corrected chi connectivity index (χ0v) is 12.4. The van der Waals surface area contributed by atoms with E-state index in [9.17, 15) is 9.59 Å². The van der Waals surface area contributed by atoms with Crippen LogP contribution in [0.4, 0.5) is 0 Å². The summed E-state index contributed by atoms with van der Waals surface area (Å²) in [5.74, 6) is -1.18. The summed E-state index contributed by atoms with van der Waals surface area (Å²) in [5, 5.41) is 11.4. The summed E-state index contributed by atoms with van der Waals surface area (Å²) in [6.07, 6.45) is 5.97. The van der Waals surface area contributed by atoms with Crippen LogP contribution in [-0.4, -0.2) is 47.8 Å². The van der Waals surface area contributed by atoms with Crippen molar-refractivity contribution in [3.05, 3.63) is 23.9 Å². The Morgan fingerprint density at radius 2 is 2.14 bits per heavy atom. The van der Waals surface area contributed by atoms with Crippen LogP contribution >= 0.6 is 0 Å². The van der Waals surface area contributed by atoms with Gasteiger partial charge in [0.2, 0.25) is 5.88 Å². The highest BCUT2D eigenvalue weighted by Crippen LogP contribution is 2.22. The third-order valence-electron chi connectivity index (χ3n) is 3.52. The summed E-state index contributed by atoms with van der Waals surface area (Å²) in [7, 11) is 1.37. The Morgan fingerprint density at radius 3 is 2.68 bits per heavy atom. The largest absolute Gasteiger partial charge is 0.480 e. The van der Waals surface area contributed by atoms with Crippen LogP contribution in [0.15, 0.2) is 18.3 Å². The molecule has 1 aliphatic rings. The quantitative estimate of drug-likeness (QED) is 0.786. The van der Waals surface area contributed by atoms with Crippen LogP contribution in [0, 0.1) is 0 Å². The lowest BCUT2D eigenvalue weighted by Gasteiger charge is -2.14. The molecule has 1 fully saturated rings. The number of carboxylic acid groups (broad SMARTS) is 1. The first kappa shape index (κ1) is 16.2. The molecule has 22 heavy (non-hydrogen) atoms. The van der Waals surface area contributed by atoms with E-state index in [0.717, 1.165) is 12.8 Å². The number of carbonyl (C=O) groups excluding carboxylic acids is 1. The average molecular weight is 308 g/mol. The van der Waals surface area contributed by atoms with Gasteiger partial charge >= 0.3 is 5.97 Å². The molecule has 1 heterocycles. The summed E-state index contributed by atoms with van der Waals surface area (Å²) < 4.78 is 10.5. The molecule has 1 saturated carbocycles. The van der Waals surface area contributed by atoms with Crippen molar-refractivity contribution in [2.45, 2.75) is 37.8 Å². The Kier molecular flexibility index (Phi) is 5.71. The molecule has 1 atom stereocenters. The van der Waals surface area contributed by atoms with E-state index in [1.54, 1.807) is 12.1 Å². The second-order valence-corrected chi connectivity index (χ2v) is 5.23. The number of nitrogens with one attached hydrogen (secondary N) is 1. The number of aromatic nitrogens is 1. The molecule has 1 unspecified atom stereocenters. The van der Waals surface area contributed by atoms with Crippen molar-refractivity contribution in [3.8, 4) is 5.88 Å². The van der Waals surface area contributed by atoms with Gasteiger partial charge in [-0.3, -0.25) is 4.79 Å². The number of carbonyl (C=O) groups is 2. The maximum absolute atomic E-state index is 12.0. The van der Waals surface area contributed by atoms with Gasteiger partial charge in [0.1, 0.15) is 6.10 Å². The van der Waals surface area contributed by atoms with Crippen molar-refractivity contribution in [1.82, 2.24) is 10.3 Å². The Bertz CT molecular complexity index is 511. The van der Waals surface area contributed by atoms with Crippen LogP contribution in [0.2, 0.25) is 0 Å². The van der Waals surface area contributed by atoms with Crippen molar-refractivity contribution < 1.29 is 24.2 Å². The van der Waals surface area contributed by atoms with Crippen molar-refractivity contribution in [2.24, 2.45) is 0 Å². The monoisotopic (exact) mass is 308 g/mol. The smallest absolute Gasteiger partial charge is 0.328 e. The highest BCUT2D eigenvalue weighted by molar-refractivity contribution is 5.96. The number of amides is 1. The number of methoxy groups -OCH3 is 1. The van der Waals surface area contributed by atoms with E-state index in [1.165, 1.54) is 26.1 Å². The summed E-state index contributed by atoms with van der Waals surface area (Å²) in [6.45, 7) is -0.0998. The van der Waals surface area contributed by atoms with E-state index in [1.807, 2.05) is 0 Å². The number of hydrogen-bond donors (Lipinski definition) is 2. The van der Waals surface area contributed by atoms with Gasteiger partial charge < -0.3 is 19.9 Å². The van der Waals surface area contributed by atoms with E-state index >= 15 is 0 Å². The lowest BCUT2D eigenvalue weighted by Crippen LogP contribution is -2.43. The van der Waals surface area contributed by atoms with Crippen LogP contribution in [0.25, 0.3) is 0 Å². The second kappa shape index (κ2) is 7.74. The molecule has 1 amide bonds. The molecule has 7 nitrogen and oxygen atoms in total. The van der Waals surface area contributed by atoms with Crippen LogP contribution in [0.5, 0.6) is 5.88 Å². The molecule has 1 aromatic rings. The van der Waals surface area contributed by atoms with E-state index < -0.39 is 17.9 Å². The Labute approximate surface area is 128 Å². The molecule has 0 spiro atoms. The number of nitrogens with zero attached hydrogens (tertiary/aromatic N) is 1. The molecule has 7 heteroatoms. The van der Waals surface area contributed by atoms with Crippen molar-refractivity contribution in [3.63, 3.8) is 0 Å². The molecule has 0 aromatic carbocycles. The Morgan fingerprint density at radius 1 is 1.41 bits per heavy atom. The number of ether oxygens (including phenoxy) is 2. The average Bonchev–Trinajstić information content (AvgIpc) is 3.00. The van der Waals surface area contributed by atoms with Crippen molar-refractivity contribution in [2.75, 3.05) is 13.7 Å². The molecule has 2 rings (SSSR count). The standard InChI is InChI=1S/C15H20N2O5/c1-21-9-12(15(19)20)17-14(18)10-6-7-13(16-8-10)22-11-4-2-3-5-11/h6-8,11-12H,2-5,9H2,1H3,(H,17,18)(H,19,20). The van der Waals surface area contributed by atoms with Crippen LogP contribution in [0.1, 0.15) is 36.0 Å². The fraction of sp³-hybridized carbons (Fsp3) is 0.533. The molecule has 2 N–H and O–H groups in total. The summed E-state index contributed by atoms with van der Waals surface area (Å²) in [5.41, 5.74) is 0.279. The number of hydrogen-bond acceptors (Lipinski definition) is 5. The molecule has 1 aromatic heterocycles. The van der Waals surface area contributed by atoms with Gasteiger partial charge in [0.25, 0.3) is 5.91 Å². The van der Waals surface area contributed by atoms with Gasteiger partial charge in [-0.15, -0.1) is 0 Å². The summed E-state index contributed by atoms with van der Waals surface area (Å²) in [4.78, 5) is 27.1. The first-order valence-corrected chi connectivity index (χ1v) is 7.25. The van der Waals surface area contributed by atoms with Crippen molar-refractivity contribution in [1.29, 1.82) is 0 Å². The minimum atomic E-state index is -1.15. The molecule has 0 radical (unpaired) electrons. The highest BCUT2D eigenvalue weighted by Gasteiger charge is 2.21. The van der Waals surface area contributed by atoms with E-state index in [2.05, 4.69) is 10.3 Å². The number of aliphatic carboxylic acids is 1. The SMILES string of the molecule is COCC(NC(=O)c1ccc(OC2CCCC2)nc1)C(=O)O. The van der Waals surface area contributed by atoms with Gasteiger partial charge in [0, 0.05) is 19.4 Å². The molecular formula is C15H20N2O5. The predicted molar refractivity (Wildman–Crippen MR) is 77.9 cm³/mol. The van der Waals surface area contributed by atoms with Crippen LogP contribution in [0.3, 0.4) is 0 Å². The molecule has 1 aliphatic carbocycles. The molecule has 120 valence electrons. The van der Waals surface area contributed by atoms with Gasteiger partial charge in [-0.2, -0.15) is 0 Å². The molecule has 0 saturated heterocycles. The number of rotatable bonds is 7. The number of carboxylic acids is 1. The second-order valence-electron chi connectivity index (χ2n) is 5.23. The molecular weight excluding hydrogens is 288 g/mol. The third-order valence-corrected chi connectivity index (χ3v) is 3.52. The van der Waals surface area contributed by atoms with Crippen LogP contribution in [-0.2, 0) is 9.53 Å². The van der Waals surface area contributed by atoms with Gasteiger partial charge in [-0.25, -0.2) is 9.78 Å². The normalized spacial score (nSPS) is 16.2. The zero-order valence-electron chi connectivity index (χ0n) is 12.4. The first-order valence-electron chi connectivity index (χ1n) is 7.25. The van der Waals surface area contributed by atoms with Crippen molar-refractivity contribution >= 4 is 11.9 Å². The summed E-state index contributed by atoms with van der Waals surface area (Å²) in [6, 6.07) is 2.10. The predicted octanol–water partition coefficient (Wildman–Crippen LogP) is 1.23. The summed E-state index contributed by atoms with van der Waals surface area (Å²) >= 11 is 0. The fourth-order valence-corrected chi connectivity index (χ4v) is 2.34. The third kappa shape index (κ3) is 4.42. The number of pyridine rings is 1. The molecule has 0 bridgehead atoms. The van der Waals surface area contributed by atoms with Gasteiger partial charge in [0.15, 0.2) is 6.04 Å². The minimum absolute atomic E-state index is 0.0998. The lowest BCUT2D eigenvalue weighted by molar-refractivity contribution is -0.140. The van der Waals surface area contributed by atoms with E-state index in [4.69, 9.17) is 14.6 Å². The zero-order chi connectivity index (χ0) is 15.9. The maximum Gasteiger partial charge on any atom is 0.328 e. The topological polar surface area (TPSA) is 97.8 Å². The maximum atomic E-state index is 12.0. The lowest BCUT2D eigenvalue weighted by atomic mass is 10.2. The highest BCUT2D eigenvalue weighted by atomic mass is 16.5. The first-order chi connectivity index (χ1) is 10.6. The van der Waals surface area contributed by atoms with Gasteiger partial charge in [-0.1, -0.05) is 0 Å². The van der Waals surface area contributed by atoms with E-state index in [0.29, 0.717) is 5.88 Å². The molecule has 0 aliphatic heterocycles. The Hall–Kier alpha value is -2.15. The van der Waals surface area contributed by atoms with E-state index in [-0.39, 0.29) is 18.3 Å². The van der Waals surface area contributed by atoms with Gasteiger partial charge in [-0.05, 0) is 31.7 Å². The minimum Gasteiger partial charge on any atom is -0.480 e. The van der Waals surface area contributed by atoms with Crippen LogP contribution < -0.4 is 10.1 Å².